The minimum absolute atomic E-state index is 0.0772. The van der Waals surface area contributed by atoms with Crippen LogP contribution in [0.1, 0.15) is 16.0 Å². The first kappa shape index (κ1) is 16.9. The molecule has 0 amide bonds. The fourth-order valence-electron chi connectivity index (χ4n) is 2.94. The molecule has 27 heavy (non-hydrogen) atoms. The predicted octanol–water partition coefficient (Wildman–Crippen LogP) is 3.83. The van der Waals surface area contributed by atoms with Crippen molar-refractivity contribution < 1.29 is 10.0 Å². The van der Waals surface area contributed by atoms with E-state index >= 15 is 0 Å². The van der Waals surface area contributed by atoms with Gasteiger partial charge in [-0.1, -0.05) is 47.7 Å². The third-order valence-corrected chi connectivity index (χ3v) is 5.17. The number of allylic oxidation sites excluding steroid dienone is 1. The van der Waals surface area contributed by atoms with Crippen LogP contribution >= 0.6 is 11.3 Å². The van der Waals surface area contributed by atoms with Crippen LogP contribution in [0.15, 0.2) is 58.3 Å². The van der Waals surface area contributed by atoms with E-state index < -0.39 is 4.92 Å². The van der Waals surface area contributed by atoms with Crippen molar-refractivity contribution in [2.75, 3.05) is 0 Å². The van der Waals surface area contributed by atoms with Crippen molar-refractivity contribution in [1.82, 2.24) is 4.57 Å². The van der Waals surface area contributed by atoms with Crippen molar-refractivity contribution in [3.05, 3.63) is 84.3 Å². The number of nitro benzene ring substituents is 1. The van der Waals surface area contributed by atoms with Gasteiger partial charge in [0, 0.05) is 29.0 Å². The topological polar surface area (TPSA) is 97.7 Å². The summed E-state index contributed by atoms with van der Waals surface area (Å²) in [6.07, 6.45) is 3.38. The van der Waals surface area contributed by atoms with E-state index in [4.69, 9.17) is 0 Å². The molecule has 1 aliphatic rings. The van der Waals surface area contributed by atoms with Gasteiger partial charge in [-0.05, 0) is 12.1 Å². The van der Waals surface area contributed by atoms with Gasteiger partial charge in [-0.15, -0.1) is 0 Å². The molecule has 8 heteroatoms. The second kappa shape index (κ2) is 6.65. The molecule has 0 unspecified atom stereocenters. The van der Waals surface area contributed by atoms with Crippen LogP contribution in [0.3, 0.4) is 0 Å². The number of fused-ring (bicyclic) bond motifs is 1. The molecule has 7 nitrogen and oxygen atoms in total. The van der Waals surface area contributed by atoms with Crippen LogP contribution in [0.4, 0.5) is 11.4 Å². The Labute approximate surface area is 157 Å². The largest absolute Gasteiger partial charge is 0.493 e. The molecule has 2 heterocycles. The number of benzene rings is 2. The number of hydrogen-bond donors (Lipinski definition) is 1. The Kier molecular flexibility index (Phi) is 4.17. The second-order valence-electron chi connectivity index (χ2n) is 5.90. The Hall–Kier alpha value is -3.52. The van der Waals surface area contributed by atoms with Crippen LogP contribution in [0.5, 0.6) is 5.88 Å². The molecular formula is C19H13N3O4S. The van der Waals surface area contributed by atoms with Crippen LogP contribution in [0.25, 0.3) is 11.6 Å². The van der Waals surface area contributed by atoms with Gasteiger partial charge in [0.25, 0.3) is 5.69 Å². The minimum Gasteiger partial charge on any atom is -0.493 e. The molecular weight excluding hydrogens is 366 g/mol. The zero-order chi connectivity index (χ0) is 19.0. The number of nitro groups is 1. The van der Waals surface area contributed by atoms with E-state index in [9.17, 15) is 20.0 Å². The molecule has 0 aliphatic carbocycles. The molecule has 0 fully saturated rings. The highest BCUT2D eigenvalue weighted by atomic mass is 32.1. The lowest BCUT2D eigenvalue weighted by Crippen LogP contribution is -2.14. The van der Waals surface area contributed by atoms with Crippen molar-refractivity contribution >= 4 is 40.6 Å². The molecule has 1 N–H and O–H groups in total. The minimum atomic E-state index is -0.501. The standard InChI is InChI=1S/C19H13N3O4S/c23-18-17(9-13-10-20-15-7-3-2-6-14(13)15)27-19(24)21(18)11-12-5-1-4-8-16(12)22(25)26/h1-10,23H,11H2/b13-9-. The molecule has 3 aromatic rings. The quantitative estimate of drug-likeness (QED) is 0.550. The second-order valence-corrected chi connectivity index (χ2v) is 6.90. The molecule has 4 rings (SSSR count). The number of para-hydroxylation sites is 2. The summed E-state index contributed by atoms with van der Waals surface area (Å²) in [5, 5.41) is 21.7. The highest BCUT2D eigenvalue weighted by Crippen LogP contribution is 2.34. The van der Waals surface area contributed by atoms with Crippen molar-refractivity contribution in [3.8, 4) is 5.88 Å². The van der Waals surface area contributed by atoms with Gasteiger partial charge in [0.15, 0.2) is 0 Å². The summed E-state index contributed by atoms with van der Waals surface area (Å²) in [4.78, 5) is 27.3. The van der Waals surface area contributed by atoms with Crippen LogP contribution in [0.2, 0.25) is 0 Å². The zero-order valence-electron chi connectivity index (χ0n) is 13.9. The Morgan fingerprint density at radius 1 is 1.19 bits per heavy atom. The number of rotatable bonds is 4. The lowest BCUT2D eigenvalue weighted by molar-refractivity contribution is -0.385. The monoisotopic (exact) mass is 379 g/mol. The van der Waals surface area contributed by atoms with Gasteiger partial charge in [0.05, 0.1) is 22.0 Å². The smallest absolute Gasteiger partial charge is 0.310 e. The average Bonchev–Trinajstić information content (AvgIpc) is 3.19. The maximum atomic E-state index is 12.4. The van der Waals surface area contributed by atoms with E-state index in [0.29, 0.717) is 10.4 Å². The van der Waals surface area contributed by atoms with E-state index in [0.717, 1.165) is 32.7 Å². The first-order chi connectivity index (χ1) is 13.0. The molecule has 1 aromatic heterocycles. The number of aromatic nitrogens is 1. The third-order valence-electron chi connectivity index (χ3n) is 4.25. The molecule has 134 valence electrons. The molecule has 0 atom stereocenters. The molecule has 1 aliphatic heterocycles. The number of aromatic hydroxyl groups is 1. The van der Waals surface area contributed by atoms with Crippen molar-refractivity contribution in [3.63, 3.8) is 0 Å². The lowest BCUT2D eigenvalue weighted by Gasteiger charge is -2.05. The summed E-state index contributed by atoms with van der Waals surface area (Å²) >= 11 is 0.885. The Bertz CT molecular complexity index is 1170. The Balaban J connectivity index is 1.72. The first-order valence-corrected chi connectivity index (χ1v) is 8.86. The number of hydrogen-bond acceptors (Lipinski definition) is 6. The summed E-state index contributed by atoms with van der Waals surface area (Å²) in [6.45, 7) is -0.0772. The maximum absolute atomic E-state index is 12.4. The third kappa shape index (κ3) is 3.06. The van der Waals surface area contributed by atoms with Gasteiger partial charge in [0.1, 0.15) is 0 Å². The molecule has 2 aromatic carbocycles. The molecule has 0 saturated carbocycles. The maximum Gasteiger partial charge on any atom is 0.310 e. The summed E-state index contributed by atoms with van der Waals surface area (Å²) in [7, 11) is 0. The summed E-state index contributed by atoms with van der Waals surface area (Å²) < 4.78 is 1.14. The van der Waals surface area contributed by atoms with Gasteiger partial charge >= 0.3 is 4.87 Å². The van der Waals surface area contributed by atoms with E-state index in [-0.39, 0.29) is 23.0 Å². The van der Waals surface area contributed by atoms with Crippen LogP contribution in [-0.4, -0.2) is 20.8 Å². The molecule has 0 bridgehead atoms. The number of thiazole rings is 1. The van der Waals surface area contributed by atoms with Gasteiger partial charge in [-0.2, -0.15) is 0 Å². The van der Waals surface area contributed by atoms with Crippen LogP contribution in [0, 0.1) is 10.1 Å². The van der Waals surface area contributed by atoms with Gasteiger partial charge in [-0.25, -0.2) is 0 Å². The van der Waals surface area contributed by atoms with Gasteiger partial charge in [0.2, 0.25) is 5.88 Å². The van der Waals surface area contributed by atoms with E-state index in [2.05, 4.69) is 4.99 Å². The first-order valence-electron chi connectivity index (χ1n) is 8.04. The highest BCUT2D eigenvalue weighted by Gasteiger charge is 2.19. The van der Waals surface area contributed by atoms with Crippen LogP contribution < -0.4 is 4.87 Å². The van der Waals surface area contributed by atoms with Gasteiger partial charge in [-0.3, -0.25) is 24.5 Å². The summed E-state index contributed by atoms with van der Waals surface area (Å²) in [6, 6.07) is 13.7. The fraction of sp³-hybridized carbons (Fsp3) is 0.0526. The average molecular weight is 379 g/mol. The highest BCUT2D eigenvalue weighted by molar-refractivity contribution is 7.10. The number of nitrogens with zero attached hydrogens (tertiary/aromatic N) is 3. The van der Waals surface area contributed by atoms with Crippen molar-refractivity contribution in [2.45, 2.75) is 6.54 Å². The normalized spacial score (nSPS) is 13.9. The van der Waals surface area contributed by atoms with E-state index in [1.807, 2.05) is 24.3 Å². The van der Waals surface area contributed by atoms with Crippen LogP contribution in [-0.2, 0) is 6.54 Å². The predicted molar refractivity (Wildman–Crippen MR) is 105 cm³/mol. The summed E-state index contributed by atoms with van der Waals surface area (Å²) in [5.74, 6) is -0.214. The SMILES string of the molecule is O=c1sc(/C=C2/C=Nc3ccccc32)c(O)n1Cc1ccccc1[N+](=O)[O-]. The summed E-state index contributed by atoms with van der Waals surface area (Å²) in [5.41, 5.74) is 2.80. The molecule has 0 saturated heterocycles. The molecule has 0 spiro atoms. The lowest BCUT2D eigenvalue weighted by atomic mass is 10.1. The zero-order valence-corrected chi connectivity index (χ0v) is 14.7. The Morgan fingerprint density at radius 2 is 1.93 bits per heavy atom. The van der Waals surface area contributed by atoms with Crippen molar-refractivity contribution in [1.29, 1.82) is 0 Å². The Morgan fingerprint density at radius 3 is 2.74 bits per heavy atom. The van der Waals surface area contributed by atoms with E-state index in [1.54, 1.807) is 30.5 Å². The van der Waals surface area contributed by atoms with Gasteiger partial charge < -0.3 is 5.11 Å². The van der Waals surface area contributed by atoms with Crippen molar-refractivity contribution in [2.24, 2.45) is 4.99 Å². The molecule has 0 radical (unpaired) electrons. The fourth-order valence-corrected chi connectivity index (χ4v) is 3.77. The van der Waals surface area contributed by atoms with E-state index in [1.165, 1.54) is 6.07 Å². The number of aliphatic imine (C=N–C) groups is 1.